The molecule has 214 valence electrons. The molecule has 2 aliphatic heterocycles. The summed E-state index contributed by atoms with van der Waals surface area (Å²) >= 11 is 0. The molecule has 3 atom stereocenters. The molecule has 2 N–H and O–H groups in total. The minimum absolute atomic E-state index is 0.150. The van der Waals surface area contributed by atoms with Gasteiger partial charge in [0, 0.05) is 45.3 Å². The van der Waals surface area contributed by atoms with Crippen LogP contribution in [0.15, 0.2) is 66.7 Å². The molecule has 1 saturated heterocycles. The summed E-state index contributed by atoms with van der Waals surface area (Å²) in [7, 11) is 1.73. The van der Waals surface area contributed by atoms with Crippen LogP contribution in [-0.4, -0.2) is 70.4 Å². The van der Waals surface area contributed by atoms with Gasteiger partial charge in [-0.3, -0.25) is 0 Å². The van der Waals surface area contributed by atoms with Crippen molar-refractivity contribution in [3.63, 3.8) is 0 Å². The van der Waals surface area contributed by atoms with Crippen LogP contribution in [0.3, 0.4) is 0 Å². The lowest BCUT2D eigenvalue weighted by Crippen LogP contribution is -2.49. The van der Waals surface area contributed by atoms with Crippen LogP contribution in [0.4, 0.5) is 5.69 Å². The third-order valence-corrected chi connectivity index (χ3v) is 7.35. The number of fused-ring (bicyclic) bond motifs is 1. The molecule has 8 heteroatoms. The first kappa shape index (κ1) is 28.2. The molecule has 3 aromatic carbocycles. The number of hydrogen-bond donors (Lipinski definition) is 2. The average Bonchev–Trinajstić information content (AvgIpc) is 2.97. The zero-order valence-corrected chi connectivity index (χ0v) is 23.4. The Morgan fingerprint density at radius 1 is 1.00 bits per heavy atom. The van der Waals surface area contributed by atoms with Crippen LogP contribution in [-0.2, 0) is 16.1 Å². The first-order valence-electron chi connectivity index (χ1n) is 14.1. The van der Waals surface area contributed by atoms with Crippen LogP contribution in [0.1, 0.15) is 30.4 Å². The molecule has 0 bridgehead atoms. The Morgan fingerprint density at radius 3 is 2.67 bits per heavy atom. The van der Waals surface area contributed by atoms with Gasteiger partial charge in [0.05, 0.1) is 37.7 Å². The number of anilines is 1. The number of ether oxygens (including phenoxy) is 5. The van der Waals surface area contributed by atoms with Crippen molar-refractivity contribution in [1.29, 1.82) is 0 Å². The second-order valence-corrected chi connectivity index (χ2v) is 10.2. The predicted molar refractivity (Wildman–Crippen MR) is 155 cm³/mol. The van der Waals surface area contributed by atoms with E-state index in [1.165, 1.54) is 0 Å². The van der Waals surface area contributed by atoms with Crippen LogP contribution < -0.4 is 24.4 Å². The summed E-state index contributed by atoms with van der Waals surface area (Å²) in [6, 6.07) is 21.8. The molecule has 8 nitrogen and oxygen atoms in total. The summed E-state index contributed by atoms with van der Waals surface area (Å²) in [5, 5.41) is 14.3. The number of piperidine rings is 1. The summed E-state index contributed by atoms with van der Waals surface area (Å²) in [5.41, 5.74) is 3.21. The fourth-order valence-corrected chi connectivity index (χ4v) is 5.41. The van der Waals surface area contributed by atoms with Gasteiger partial charge >= 0.3 is 0 Å². The molecule has 1 unspecified atom stereocenters. The lowest BCUT2D eigenvalue weighted by molar-refractivity contribution is -0.0328. The lowest BCUT2D eigenvalue weighted by atomic mass is 9.85. The fraction of sp³-hybridized carbons (Fsp3) is 0.438. The number of hydrogen-bond acceptors (Lipinski definition) is 8. The normalized spacial score (nSPS) is 20.5. The molecule has 0 radical (unpaired) electrons. The van der Waals surface area contributed by atoms with Gasteiger partial charge in [-0.05, 0) is 60.9 Å². The topological polar surface area (TPSA) is 81.7 Å². The number of methoxy groups -OCH3 is 1. The summed E-state index contributed by atoms with van der Waals surface area (Å²) in [6.07, 6.45) is 0.234. The minimum atomic E-state index is -0.554. The van der Waals surface area contributed by atoms with E-state index in [0.29, 0.717) is 32.9 Å². The Kier molecular flexibility index (Phi) is 9.78. The van der Waals surface area contributed by atoms with Crippen LogP contribution in [0, 0.1) is 0 Å². The monoisotopic (exact) mass is 548 g/mol. The predicted octanol–water partition coefficient (Wildman–Crippen LogP) is 4.75. The largest absolute Gasteiger partial charge is 0.494 e. The Morgan fingerprint density at radius 2 is 1.85 bits per heavy atom. The number of aliphatic hydroxyl groups excluding tert-OH is 1. The van der Waals surface area contributed by atoms with Gasteiger partial charge in [-0.1, -0.05) is 24.3 Å². The maximum atomic E-state index is 11.0. The van der Waals surface area contributed by atoms with E-state index >= 15 is 0 Å². The van der Waals surface area contributed by atoms with E-state index in [-0.39, 0.29) is 12.0 Å². The van der Waals surface area contributed by atoms with E-state index in [2.05, 4.69) is 22.3 Å². The Hall–Kier alpha value is -3.30. The number of rotatable bonds is 12. The maximum Gasteiger partial charge on any atom is 0.142 e. The van der Waals surface area contributed by atoms with Crippen molar-refractivity contribution < 1.29 is 28.8 Å². The molecule has 40 heavy (non-hydrogen) atoms. The zero-order valence-electron chi connectivity index (χ0n) is 23.4. The number of β-amino-alcohol motifs (C(OH)–C–C–N with tert-alkyl or cyclic N) is 1. The summed E-state index contributed by atoms with van der Waals surface area (Å²) in [5.74, 6) is 2.98. The molecule has 0 saturated carbocycles. The quantitative estimate of drug-likeness (QED) is 0.314. The first-order chi connectivity index (χ1) is 19.6. The van der Waals surface area contributed by atoms with E-state index < -0.39 is 6.10 Å². The van der Waals surface area contributed by atoms with Crippen molar-refractivity contribution in [2.75, 3.05) is 58.0 Å². The summed E-state index contributed by atoms with van der Waals surface area (Å²) in [6.45, 7) is 7.42. The van der Waals surface area contributed by atoms with E-state index in [0.717, 1.165) is 65.9 Å². The molecule has 0 aromatic heterocycles. The molecule has 0 amide bonds. The van der Waals surface area contributed by atoms with Crippen molar-refractivity contribution in [1.82, 2.24) is 5.32 Å². The number of nitrogens with zero attached hydrogens (tertiary/aromatic N) is 1. The zero-order chi connectivity index (χ0) is 27.7. The molecule has 2 aliphatic rings. The molecule has 5 rings (SSSR count). The molecular formula is C32H40N2O6. The van der Waals surface area contributed by atoms with Crippen molar-refractivity contribution in [3.05, 3.63) is 77.9 Å². The van der Waals surface area contributed by atoms with Crippen LogP contribution in [0.25, 0.3) is 0 Å². The van der Waals surface area contributed by atoms with Crippen molar-refractivity contribution in [2.24, 2.45) is 0 Å². The fourth-order valence-electron chi connectivity index (χ4n) is 5.41. The van der Waals surface area contributed by atoms with Gasteiger partial charge in [0.1, 0.15) is 29.6 Å². The third kappa shape index (κ3) is 7.06. The highest BCUT2D eigenvalue weighted by Crippen LogP contribution is 2.35. The standard InChI is InChI=1S/C32H40N2O6/c1-3-37-26-6-4-7-27(19-26)40-25-11-9-24(10-12-25)32-29(35)20-33-21-31(32)39-22-23-8-13-30-28(18-23)34(15-17-38-30)14-5-16-36-2/h4,6-13,18-19,29,31-33,35H,3,5,14-17,20-22H2,1-2H3/t29-,31+,32?/m1/s1. The Bertz CT molecular complexity index is 1220. The molecule has 1 fully saturated rings. The van der Waals surface area contributed by atoms with Gasteiger partial charge in [-0.2, -0.15) is 0 Å². The van der Waals surface area contributed by atoms with Crippen LogP contribution in [0.2, 0.25) is 0 Å². The summed E-state index contributed by atoms with van der Waals surface area (Å²) in [4.78, 5) is 2.35. The first-order valence-corrected chi connectivity index (χ1v) is 14.1. The highest BCUT2D eigenvalue weighted by atomic mass is 16.5. The second kappa shape index (κ2) is 13.9. The van der Waals surface area contributed by atoms with Crippen molar-refractivity contribution >= 4 is 5.69 Å². The lowest BCUT2D eigenvalue weighted by Gasteiger charge is -2.36. The van der Waals surface area contributed by atoms with Crippen molar-refractivity contribution in [2.45, 2.75) is 38.1 Å². The number of benzene rings is 3. The van der Waals surface area contributed by atoms with E-state index in [1.54, 1.807) is 7.11 Å². The van der Waals surface area contributed by atoms with Gasteiger partial charge < -0.3 is 39.0 Å². The smallest absolute Gasteiger partial charge is 0.142 e. The van der Waals surface area contributed by atoms with E-state index in [1.807, 2.05) is 61.5 Å². The van der Waals surface area contributed by atoms with Gasteiger partial charge in [-0.15, -0.1) is 0 Å². The molecule has 3 aromatic rings. The summed E-state index contributed by atoms with van der Waals surface area (Å²) < 4.78 is 29.2. The highest BCUT2D eigenvalue weighted by Gasteiger charge is 2.34. The molecular weight excluding hydrogens is 508 g/mol. The Balaban J connectivity index is 1.24. The SMILES string of the molecule is CCOc1cccc(Oc2ccc(C3[C@H](O)CNC[C@@H]3OCc3ccc4c(c3)N(CCCOC)CCO4)cc2)c1. The molecule has 0 aliphatic carbocycles. The average molecular weight is 549 g/mol. The second-order valence-electron chi connectivity index (χ2n) is 10.2. The minimum Gasteiger partial charge on any atom is -0.494 e. The number of aliphatic hydroxyl groups is 1. The van der Waals surface area contributed by atoms with Gasteiger partial charge in [-0.25, -0.2) is 0 Å². The third-order valence-electron chi connectivity index (χ3n) is 7.35. The van der Waals surface area contributed by atoms with E-state index in [9.17, 15) is 5.11 Å². The van der Waals surface area contributed by atoms with Gasteiger partial charge in [0.25, 0.3) is 0 Å². The van der Waals surface area contributed by atoms with Crippen LogP contribution >= 0.6 is 0 Å². The van der Waals surface area contributed by atoms with Gasteiger partial charge in [0.2, 0.25) is 0 Å². The Labute approximate surface area is 236 Å². The molecule has 2 heterocycles. The van der Waals surface area contributed by atoms with Gasteiger partial charge in [0.15, 0.2) is 0 Å². The van der Waals surface area contributed by atoms with Crippen LogP contribution in [0.5, 0.6) is 23.0 Å². The van der Waals surface area contributed by atoms with Crippen molar-refractivity contribution in [3.8, 4) is 23.0 Å². The highest BCUT2D eigenvalue weighted by molar-refractivity contribution is 5.61. The molecule has 0 spiro atoms. The number of nitrogens with one attached hydrogen (secondary N) is 1. The maximum absolute atomic E-state index is 11.0. The van der Waals surface area contributed by atoms with E-state index in [4.69, 9.17) is 23.7 Å².